The molecule has 2 aromatic carbocycles. The second-order valence-corrected chi connectivity index (χ2v) is 5.01. The third kappa shape index (κ3) is 3.55. The van der Waals surface area contributed by atoms with E-state index in [1.54, 1.807) is 18.2 Å². The molecule has 2 rings (SSSR count). The molecule has 3 N–H and O–H groups in total. The van der Waals surface area contributed by atoms with Gasteiger partial charge in [-0.15, -0.1) is 0 Å². The van der Waals surface area contributed by atoms with E-state index in [0.717, 1.165) is 12.1 Å². The van der Waals surface area contributed by atoms with E-state index in [1.165, 1.54) is 12.1 Å². The number of ether oxygens (including phenoxy) is 1. The molecular weight excluding hydrogens is 349 g/mol. The van der Waals surface area contributed by atoms with Crippen LogP contribution in [0, 0.1) is 5.41 Å². The van der Waals surface area contributed by atoms with Gasteiger partial charge in [0.1, 0.15) is 17.3 Å². The Bertz CT molecular complexity index is 669. The molecule has 0 aliphatic carbocycles. The van der Waals surface area contributed by atoms with Gasteiger partial charge in [-0.2, -0.15) is 13.2 Å². The standard InChI is InChI=1S/C14H10BrF3N2O/c15-10-2-1-3-11(12(10)13(19)20)21-9-6-4-8(5-7-9)14(16,17)18/h1-7H,(H3,19,20). The van der Waals surface area contributed by atoms with Gasteiger partial charge in [0, 0.05) is 4.47 Å². The smallest absolute Gasteiger partial charge is 0.416 e. The summed E-state index contributed by atoms with van der Waals surface area (Å²) in [6.07, 6.45) is -4.39. The maximum atomic E-state index is 12.5. The van der Waals surface area contributed by atoms with Gasteiger partial charge < -0.3 is 10.5 Å². The van der Waals surface area contributed by atoms with Crippen LogP contribution < -0.4 is 10.5 Å². The zero-order chi connectivity index (χ0) is 15.6. The molecule has 0 atom stereocenters. The Hall–Kier alpha value is -2.02. The molecule has 0 aliphatic rings. The Morgan fingerprint density at radius 2 is 1.71 bits per heavy atom. The fourth-order valence-electron chi connectivity index (χ4n) is 1.69. The van der Waals surface area contributed by atoms with E-state index in [1.807, 2.05) is 0 Å². The number of amidine groups is 1. The summed E-state index contributed by atoms with van der Waals surface area (Å²) in [5, 5.41) is 7.52. The molecule has 0 bridgehead atoms. The van der Waals surface area contributed by atoms with E-state index in [0.29, 0.717) is 10.0 Å². The number of alkyl halides is 3. The Morgan fingerprint density at radius 1 is 1.10 bits per heavy atom. The summed E-state index contributed by atoms with van der Waals surface area (Å²) in [6, 6.07) is 9.24. The number of rotatable bonds is 3. The van der Waals surface area contributed by atoms with Crippen LogP contribution in [-0.4, -0.2) is 5.84 Å². The second kappa shape index (κ2) is 5.77. The van der Waals surface area contributed by atoms with Crippen molar-refractivity contribution in [1.82, 2.24) is 0 Å². The van der Waals surface area contributed by atoms with Crippen LogP contribution in [0.1, 0.15) is 11.1 Å². The molecule has 21 heavy (non-hydrogen) atoms. The van der Waals surface area contributed by atoms with Gasteiger partial charge in [0.05, 0.1) is 11.1 Å². The van der Waals surface area contributed by atoms with Crippen molar-refractivity contribution in [3.63, 3.8) is 0 Å². The lowest BCUT2D eigenvalue weighted by molar-refractivity contribution is -0.137. The minimum Gasteiger partial charge on any atom is -0.457 e. The molecule has 0 heterocycles. The molecule has 0 aromatic heterocycles. The van der Waals surface area contributed by atoms with Crippen LogP contribution in [0.4, 0.5) is 13.2 Å². The first-order valence-corrected chi connectivity index (χ1v) is 6.56. The van der Waals surface area contributed by atoms with E-state index in [4.69, 9.17) is 15.9 Å². The van der Waals surface area contributed by atoms with E-state index >= 15 is 0 Å². The highest BCUT2D eigenvalue weighted by molar-refractivity contribution is 9.10. The molecule has 0 amide bonds. The average Bonchev–Trinajstić information content (AvgIpc) is 2.38. The third-order valence-corrected chi connectivity index (χ3v) is 3.32. The summed E-state index contributed by atoms with van der Waals surface area (Å²) >= 11 is 3.25. The van der Waals surface area contributed by atoms with E-state index in [2.05, 4.69) is 15.9 Å². The molecule has 110 valence electrons. The maximum Gasteiger partial charge on any atom is 0.416 e. The van der Waals surface area contributed by atoms with Gasteiger partial charge >= 0.3 is 6.18 Å². The van der Waals surface area contributed by atoms with Gasteiger partial charge in [-0.25, -0.2) is 0 Å². The molecule has 3 nitrogen and oxygen atoms in total. The predicted octanol–water partition coefficient (Wildman–Crippen LogP) is 4.54. The molecular formula is C14H10BrF3N2O. The third-order valence-electron chi connectivity index (χ3n) is 2.65. The quantitative estimate of drug-likeness (QED) is 0.624. The minimum atomic E-state index is -4.39. The van der Waals surface area contributed by atoms with Crippen LogP contribution in [0.2, 0.25) is 0 Å². The first-order chi connectivity index (χ1) is 9.79. The summed E-state index contributed by atoms with van der Waals surface area (Å²) < 4.78 is 43.5. The number of hydrogen-bond acceptors (Lipinski definition) is 2. The van der Waals surface area contributed by atoms with E-state index < -0.39 is 11.7 Å². The predicted molar refractivity (Wildman–Crippen MR) is 76.7 cm³/mol. The average molecular weight is 359 g/mol. The molecule has 0 saturated heterocycles. The Morgan fingerprint density at radius 3 is 2.24 bits per heavy atom. The first-order valence-electron chi connectivity index (χ1n) is 5.77. The summed E-state index contributed by atoms with van der Waals surface area (Å²) in [7, 11) is 0. The molecule has 0 fully saturated rings. The van der Waals surface area contributed by atoms with Crippen molar-refractivity contribution < 1.29 is 17.9 Å². The lowest BCUT2D eigenvalue weighted by atomic mass is 10.2. The highest BCUT2D eigenvalue weighted by atomic mass is 79.9. The van der Waals surface area contributed by atoms with E-state index in [9.17, 15) is 13.2 Å². The van der Waals surface area contributed by atoms with Crippen LogP contribution >= 0.6 is 15.9 Å². The molecule has 0 radical (unpaired) electrons. The summed E-state index contributed by atoms with van der Waals surface area (Å²) in [5.41, 5.74) is 5.07. The second-order valence-electron chi connectivity index (χ2n) is 4.15. The number of nitrogen functional groups attached to an aromatic ring is 1. The zero-order valence-electron chi connectivity index (χ0n) is 10.5. The lowest BCUT2D eigenvalue weighted by Crippen LogP contribution is -2.13. The zero-order valence-corrected chi connectivity index (χ0v) is 12.1. The molecule has 7 heteroatoms. The highest BCUT2D eigenvalue weighted by Crippen LogP contribution is 2.33. The Kier molecular flexibility index (Phi) is 4.22. The molecule has 0 spiro atoms. The molecule has 0 unspecified atom stereocenters. The monoisotopic (exact) mass is 358 g/mol. The number of benzene rings is 2. The lowest BCUT2D eigenvalue weighted by Gasteiger charge is -2.12. The first kappa shape index (κ1) is 15.4. The number of nitrogens with two attached hydrogens (primary N) is 1. The fourth-order valence-corrected chi connectivity index (χ4v) is 2.25. The van der Waals surface area contributed by atoms with Crippen LogP contribution in [0.15, 0.2) is 46.9 Å². The normalized spacial score (nSPS) is 11.2. The van der Waals surface area contributed by atoms with Crippen LogP contribution in [0.25, 0.3) is 0 Å². The van der Waals surface area contributed by atoms with Gasteiger partial charge in [0.2, 0.25) is 0 Å². The van der Waals surface area contributed by atoms with E-state index in [-0.39, 0.29) is 17.3 Å². The van der Waals surface area contributed by atoms with Gasteiger partial charge in [-0.1, -0.05) is 6.07 Å². The summed E-state index contributed by atoms with van der Waals surface area (Å²) in [6.45, 7) is 0. The Balaban J connectivity index is 2.31. The van der Waals surface area contributed by atoms with Crippen LogP contribution in [-0.2, 0) is 6.18 Å². The van der Waals surface area contributed by atoms with Crippen LogP contribution in [0.5, 0.6) is 11.5 Å². The summed E-state index contributed by atoms with van der Waals surface area (Å²) in [5.74, 6) is 0.310. The topological polar surface area (TPSA) is 59.1 Å². The number of hydrogen-bond donors (Lipinski definition) is 2. The minimum absolute atomic E-state index is 0.204. The fraction of sp³-hybridized carbons (Fsp3) is 0.0714. The van der Waals surface area contributed by atoms with Crippen molar-refractivity contribution in [2.75, 3.05) is 0 Å². The maximum absolute atomic E-state index is 12.5. The van der Waals surface area contributed by atoms with Crippen molar-refractivity contribution in [2.24, 2.45) is 5.73 Å². The van der Waals surface area contributed by atoms with Gasteiger partial charge in [0.15, 0.2) is 0 Å². The number of nitrogens with one attached hydrogen (secondary N) is 1. The van der Waals surface area contributed by atoms with Crippen LogP contribution in [0.3, 0.4) is 0 Å². The van der Waals surface area contributed by atoms with Gasteiger partial charge in [-0.3, -0.25) is 5.41 Å². The van der Waals surface area contributed by atoms with Crippen molar-refractivity contribution in [2.45, 2.75) is 6.18 Å². The molecule has 2 aromatic rings. The molecule has 0 aliphatic heterocycles. The van der Waals surface area contributed by atoms with Crippen molar-refractivity contribution >= 4 is 21.8 Å². The Labute approximate surface area is 127 Å². The summed E-state index contributed by atoms with van der Waals surface area (Å²) in [4.78, 5) is 0. The SMILES string of the molecule is N=C(N)c1c(Br)cccc1Oc1ccc(C(F)(F)F)cc1. The van der Waals surface area contributed by atoms with Crippen molar-refractivity contribution in [1.29, 1.82) is 5.41 Å². The van der Waals surface area contributed by atoms with Gasteiger partial charge in [-0.05, 0) is 52.3 Å². The number of halogens is 4. The highest BCUT2D eigenvalue weighted by Gasteiger charge is 2.30. The van der Waals surface area contributed by atoms with Gasteiger partial charge in [0.25, 0.3) is 0 Å². The van der Waals surface area contributed by atoms with Crippen molar-refractivity contribution in [3.8, 4) is 11.5 Å². The van der Waals surface area contributed by atoms with Crippen molar-refractivity contribution in [3.05, 3.63) is 58.1 Å². The molecule has 0 saturated carbocycles. The largest absolute Gasteiger partial charge is 0.457 e.